The van der Waals surface area contributed by atoms with Gasteiger partial charge in [-0.25, -0.2) is 0 Å². The van der Waals surface area contributed by atoms with Crippen LogP contribution in [0.25, 0.3) is 0 Å². The number of benzene rings is 1. The van der Waals surface area contributed by atoms with Crippen LogP contribution in [0.3, 0.4) is 0 Å². The first-order chi connectivity index (χ1) is 9.35. The largest absolute Gasteiger partial charge is 0.497 e. The Balaban J connectivity index is 1.59. The molecule has 1 heterocycles. The number of hydrogen-bond acceptors (Lipinski definition) is 2. The lowest BCUT2D eigenvalue weighted by molar-refractivity contribution is 0.219. The molecule has 3 unspecified atom stereocenters. The molecule has 0 spiro atoms. The smallest absolute Gasteiger partial charge is 0.118 e. The van der Waals surface area contributed by atoms with E-state index in [4.69, 9.17) is 4.74 Å². The van der Waals surface area contributed by atoms with E-state index in [1.165, 1.54) is 44.1 Å². The van der Waals surface area contributed by atoms with Crippen LogP contribution in [0.5, 0.6) is 5.75 Å². The molecule has 3 atom stereocenters. The molecule has 1 aliphatic carbocycles. The van der Waals surface area contributed by atoms with Gasteiger partial charge in [0.1, 0.15) is 5.75 Å². The van der Waals surface area contributed by atoms with E-state index in [0.717, 1.165) is 17.6 Å². The minimum atomic E-state index is 0.640. The summed E-state index contributed by atoms with van der Waals surface area (Å²) in [5, 5.41) is 0. The van der Waals surface area contributed by atoms with E-state index in [0.29, 0.717) is 6.04 Å². The van der Waals surface area contributed by atoms with E-state index in [-0.39, 0.29) is 0 Å². The molecule has 0 N–H and O–H groups in total. The third-order valence-corrected chi connectivity index (χ3v) is 4.70. The number of nitrogens with zero attached hydrogens (tertiary/aromatic N) is 1. The lowest BCUT2D eigenvalue weighted by Gasteiger charge is -2.36. The second-order valence-corrected chi connectivity index (χ2v) is 5.97. The first-order valence-corrected chi connectivity index (χ1v) is 7.49. The van der Waals surface area contributed by atoms with Gasteiger partial charge in [0, 0.05) is 0 Å². The predicted octanol–water partition coefficient (Wildman–Crippen LogP) is 3.89. The van der Waals surface area contributed by atoms with Crippen LogP contribution in [-0.4, -0.2) is 19.4 Å². The van der Waals surface area contributed by atoms with Crippen LogP contribution in [0.1, 0.15) is 37.7 Å². The Labute approximate surface area is 115 Å². The molecule has 19 heavy (non-hydrogen) atoms. The van der Waals surface area contributed by atoms with Gasteiger partial charge in [0.2, 0.25) is 0 Å². The van der Waals surface area contributed by atoms with Crippen LogP contribution in [0.2, 0.25) is 0 Å². The molecule has 0 saturated heterocycles. The molecule has 3 rings (SSSR count). The molecular weight excluding hydrogens is 234 g/mol. The van der Waals surface area contributed by atoms with Gasteiger partial charge in [0.15, 0.2) is 0 Å². The van der Waals surface area contributed by atoms with Gasteiger partial charge in [-0.15, -0.1) is 0 Å². The number of methoxy groups -OCH3 is 1. The molecule has 1 aliphatic heterocycles. The van der Waals surface area contributed by atoms with Crippen LogP contribution in [0.4, 0.5) is 0 Å². The van der Waals surface area contributed by atoms with Crippen molar-refractivity contribution in [3.8, 4) is 5.75 Å². The topological polar surface area (TPSA) is 21.6 Å². The summed E-state index contributed by atoms with van der Waals surface area (Å²) in [4.78, 5) is 4.67. The van der Waals surface area contributed by atoms with Crippen molar-refractivity contribution in [1.82, 2.24) is 0 Å². The molecule has 1 aromatic carbocycles. The average molecular weight is 257 g/mol. The van der Waals surface area contributed by atoms with Crippen LogP contribution in [-0.2, 0) is 6.42 Å². The van der Waals surface area contributed by atoms with Gasteiger partial charge < -0.3 is 4.74 Å². The summed E-state index contributed by atoms with van der Waals surface area (Å²) >= 11 is 0. The van der Waals surface area contributed by atoms with Crippen molar-refractivity contribution in [3.05, 3.63) is 29.8 Å². The highest BCUT2D eigenvalue weighted by atomic mass is 16.5. The van der Waals surface area contributed by atoms with Crippen molar-refractivity contribution in [2.45, 2.75) is 44.6 Å². The number of hydrogen-bond donors (Lipinski definition) is 0. The van der Waals surface area contributed by atoms with Crippen LogP contribution in [0, 0.1) is 11.8 Å². The fourth-order valence-electron chi connectivity index (χ4n) is 3.63. The van der Waals surface area contributed by atoms with Gasteiger partial charge in [0.25, 0.3) is 0 Å². The molecule has 0 radical (unpaired) electrons. The summed E-state index contributed by atoms with van der Waals surface area (Å²) in [6.07, 6.45) is 9.91. The molecule has 0 aromatic heterocycles. The number of aliphatic imine (C=N–C) groups is 1. The zero-order valence-electron chi connectivity index (χ0n) is 11.7. The Morgan fingerprint density at radius 3 is 2.79 bits per heavy atom. The summed E-state index contributed by atoms with van der Waals surface area (Å²) in [6, 6.07) is 9.21. The van der Waals surface area contributed by atoms with E-state index in [1.54, 1.807) is 7.11 Å². The molecule has 2 heteroatoms. The predicted molar refractivity (Wildman–Crippen MR) is 79.0 cm³/mol. The van der Waals surface area contributed by atoms with Crippen LogP contribution in [0.15, 0.2) is 29.3 Å². The minimum Gasteiger partial charge on any atom is -0.497 e. The molecule has 1 saturated carbocycles. The number of fused-ring (bicyclic) bond motifs is 1. The molecule has 0 bridgehead atoms. The Morgan fingerprint density at radius 1 is 1.16 bits per heavy atom. The van der Waals surface area contributed by atoms with Crippen molar-refractivity contribution in [2.24, 2.45) is 16.8 Å². The fraction of sp³-hybridized carbons (Fsp3) is 0.588. The minimum absolute atomic E-state index is 0.640. The van der Waals surface area contributed by atoms with Crippen molar-refractivity contribution >= 4 is 6.21 Å². The Morgan fingerprint density at radius 2 is 2.00 bits per heavy atom. The van der Waals surface area contributed by atoms with E-state index >= 15 is 0 Å². The third kappa shape index (κ3) is 2.99. The molecule has 1 fully saturated rings. The van der Waals surface area contributed by atoms with Gasteiger partial charge >= 0.3 is 0 Å². The first-order valence-electron chi connectivity index (χ1n) is 7.49. The van der Waals surface area contributed by atoms with Gasteiger partial charge in [-0.2, -0.15) is 0 Å². The van der Waals surface area contributed by atoms with E-state index < -0.39 is 0 Å². The molecule has 2 aliphatic rings. The number of rotatable bonds is 3. The Hall–Kier alpha value is -1.31. The van der Waals surface area contributed by atoms with E-state index in [1.807, 2.05) is 0 Å². The van der Waals surface area contributed by atoms with Crippen molar-refractivity contribution in [2.75, 3.05) is 7.11 Å². The average Bonchev–Trinajstić information content (AvgIpc) is 2.48. The van der Waals surface area contributed by atoms with Crippen molar-refractivity contribution < 1.29 is 4.74 Å². The second-order valence-electron chi connectivity index (χ2n) is 5.97. The monoisotopic (exact) mass is 257 g/mol. The SMILES string of the molecule is COc1ccc(CC2CCC3N=CCCC3C2)cc1. The van der Waals surface area contributed by atoms with E-state index in [9.17, 15) is 0 Å². The normalized spacial score (nSPS) is 29.8. The van der Waals surface area contributed by atoms with Crippen molar-refractivity contribution in [1.29, 1.82) is 0 Å². The lowest BCUT2D eigenvalue weighted by Crippen LogP contribution is -2.31. The summed E-state index contributed by atoms with van der Waals surface area (Å²) < 4.78 is 5.21. The maximum atomic E-state index is 5.21. The highest BCUT2D eigenvalue weighted by Crippen LogP contribution is 2.37. The van der Waals surface area contributed by atoms with E-state index in [2.05, 4.69) is 35.5 Å². The van der Waals surface area contributed by atoms with Gasteiger partial charge in [0.05, 0.1) is 13.2 Å². The zero-order valence-corrected chi connectivity index (χ0v) is 11.7. The molecule has 0 amide bonds. The highest BCUT2D eigenvalue weighted by Gasteiger charge is 2.30. The first kappa shape index (κ1) is 12.7. The highest BCUT2D eigenvalue weighted by molar-refractivity contribution is 5.58. The maximum absolute atomic E-state index is 5.21. The summed E-state index contributed by atoms with van der Waals surface area (Å²) in [7, 11) is 1.72. The van der Waals surface area contributed by atoms with Crippen LogP contribution >= 0.6 is 0 Å². The lowest BCUT2D eigenvalue weighted by atomic mass is 9.73. The molecule has 1 aromatic rings. The van der Waals surface area contributed by atoms with Gasteiger partial charge in [-0.1, -0.05) is 12.1 Å². The third-order valence-electron chi connectivity index (χ3n) is 4.70. The number of ether oxygens (including phenoxy) is 1. The van der Waals surface area contributed by atoms with Crippen molar-refractivity contribution in [3.63, 3.8) is 0 Å². The maximum Gasteiger partial charge on any atom is 0.118 e. The van der Waals surface area contributed by atoms with Crippen LogP contribution < -0.4 is 4.74 Å². The second kappa shape index (κ2) is 5.77. The Bertz CT molecular complexity index is 437. The summed E-state index contributed by atoms with van der Waals surface area (Å²) in [5.74, 6) is 2.65. The van der Waals surface area contributed by atoms with Gasteiger partial charge in [-0.05, 0) is 74.3 Å². The quantitative estimate of drug-likeness (QED) is 0.805. The summed E-state index contributed by atoms with van der Waals surface area (Å²) in [5.41, 5.74) is 1.45. The molecule has 2 nitrogen and oxygen atoms in total. The zero-order chi connectivity index (χ0) is 13.1. The molecule has 102 valence electrons. The fourth-order valence-corrected chi connectivity index (χ4v) is 3.63. The standard InChI is InChI=1S/C17H23NO/c1-19-16-7-4-13(5-8-16)11-14-6-9-17-15(12-14)3-2-10-18-17/h4-5,7-8,10,14-15,17H,2-3,6,9,11-12H2,1H3. The van der Waals surface area contributed by atoms with Gasteiger partial charge in [-0.3, -0.25) is 4.99 Å². The summed E-state index contributed by atoms with van der Waals surface area (Å²) in [6.45, 7) is 0. The molecular formula is C17H23NO. The Kier molecular flexibility index (Phi) is 3.86.